The molecule has 0 amide bonds. The highest BCUT2D eigenvalue weighted by atomic mass is 19.3. The molecule has 1 aliphatic rings. The van der Waals surface area contributed by atoms with Crippen LogP contribution in [0, 0.1) is 5.92 Å². The molecule has 1 N–H and O–H groups in total. The highest BCUT2D eigenvalue weighted by Gasteiger charge is 2.44. The number of hydrogen-bond donors (Lipinski definition) is 1. The van der Waals surface area contributed by atoms with Crippen molar-refractivity contribution in [2.24, 2.45) is 5.92 Å². The summed E-state index contributed by atoms with van der Waals surface area (Å²) in [7, 11) is 0. The summed E-state index contributed by atoms with van der Waals surface area (Å²) in [6.45, 7) is -0.145. The number of H-pyrrole nitrogens is 1. The van der Waals surface area contributed by atoms with E-state index in [9.17, 15) is 13.6 Å². The minimum absolute atomic E-state index is 0.143. The van der Waals surface area contributed by atoms with E-state index in [2.05, 4.69) is 20.6 Å². The van der Waals surface area contributed by atoms with Crippen LogP contribution in [0.15, 0.2) is 0 Å². The summed E-state index contributed by atoms with van der Waals surface area (Å²) in [5.74, 6) is -4.08. The molecule has 8 heteroatoms. The van der Waals surface area contributed by atoms with E-state index in [-0.39, 0.29) is 25.3 Å². The summed E-state index contributed by atoms with van der Waals surface area (Å²) >= 11 is 0. The van der Waals surface area contributed by atoms with Crippen molar-refractivity contribution in [1.29, 1.82) is 0 Å². The Morgan fingerprint density at radius 3 is 3.00 bits per heavy atom. The van der Waals surface area contributed by atoms with Crippen LogP contribution >= 0.6 is 0 Å². The zero-order valence-corrected chi connectivity index (χ0v) is 9.03. The van der Waals surface area contributed by atoms with Gasteiger partial charge in [-0.1, -0.05) is 5.21 Å². The first kappa shape index (κ1) is 11.9. The number of alkyl halides is 2. The number of halogens is 2. The second-order valence-corrected chi connectivity index (χ2v) is 4.04. The minimum atomic E-state index is -2.74. The molecule has 1 aromatic rings. The Morgan fingerprint density at radius 2 is 2.41 bits per heavy atom. The normalized spacial score (nSPS) is 22.6. The van der Waals surface area contributed by atoms with Crippen LogP contribution in [0.4, 0.5) is 8.78 Å². The maximum atomic E-state index is 13.2. The summed E-state index contributed by atoms with van der Waals surface area (Å²) in [4.78, 5) is 11.3. The number of hydrogen-bond acceptors (Lipinski definition) is 5. The van der Waals surface area contributed by atoms with E-state index in [0.29, 0.717) is 12.8 Å². The molecule has 0 bridgehead atoms. The largest absolute Gasteiger partial charge is 0.457 e. The van der Waals surface area contributed by atoms with Gasteiger partial charge in [-0.25, -0.2) is 8.78 Å². The van der Waals surface area contributed by atoms with Gasteiger partial charge in [0, 0.05) is 12.3 Å². The fraction of sp³-hybridized carbons (Fsp3) is 0.778. The van der Waals surface area contributed by atoms with Crippen LogP contribution < -0.4 is 0 Å². The van der Waals surface area contributed by atoms with Crippen molar-refractivity contribution in [2.45, 2.75) is 38.2 Å². The number of ether oxygens (including phenoxy) is 1. The molecular weight excluding hydrogens is 234 g/mol. The predicted octanol–water partition coefficient (Wildman–Crippen LogP) is 1.07. The molecule has 2 rings (SSSR count). The third-order valence-corrected chi connectivity index (χ3v) is 2.82. The number of nitrogens with zero attached hydrogens (tertiary/aromatic N) is 3. The highest BCUT2D eigenvalue weighted by molar-refractivity contribution is 5.69. The Balaban J connectivity index is 1.77. The van der Waals surface area contributed by atoms with E-state index < -0.39 is 17.8 Å². The smallest absolute Gasteiger partial charge is 0.306 e. The molecule has 0 aliphatic heterocycles. The van der Waals surface area contributed by atoms with Crippen molar-refractivity contribution < 1.29 is 18.3 Å². The van der Waals surface area contributed by atoms with E-state index in [1.807, 2.05) is 0 Å². The van der Waals surface area contributed by atoms with Gasteiger partial charge in [-0.15, -0.1) is 10.2 Å². The molecule has 1 saturated carbocycles. The van der Waals surface area contributed by atoms with Crippen LogP contribution in [0.1, 0.15) is 31.5 Å². The van der Waals surface area contributed by atoms with E-state index in [1.165, 1.54) is 0 Å². The van der Waals surface area contributed by atoms with Crippen LogP contribution in [-0.2, 0) is 16.1 Å². The lowest BCUT2D eigenvalue weighted by Gasteiger charge is -2.17. The molecule has 1 aromatic heterocycles. The van der Waals surface area contributed by atoms with Gasteiger partial charge in [-0.3, -0.25) is 4.79 Å². The summed E-state index contributed by atoms with van der Waals surface area (Å²) in [5.41, 5.74) is 0. The monoisotopic (exact) mass is 246 g/mol. The lowest BCUT2D eigenvalue weighted by molar-refractivity contribution is -0.149. The van der Waals surface area contributed by atoms with E-state index in [0.717, 1.165) is 0 Å². The molecule has 0 spiro atoms. The Hall–Kier alpha value is -1.60. The number of carbonyl (C=O) groups is 1. The topological polar surface area (TPSA) is 80.8 Å². The molecule has 1 fully saturated rings. The highest BCUT2D eigenvalue weighted by Crippen LogP contribution is 2.42. The van der Waals surface area contributed by atoms with Crippen LogP contribution in [0.5, 0.6) is 0 Å². The van der Waals surface area contributed by atoms with Gasteiger partial charge in [0.05, 0.1) is 6.42 Å². The minimum Gasteiger partial charge on any atom is -0.457 e. The van der Waals surface area contributed by atoms with E-state index in [1.54, 1.807) is 0 Å². The fourth-order valence-corrected chi connectivity index (χ4v) is 1.90. The van der Waals surface area contributed by atoms with Crippen molar-refractivity contribution in [3.05, 3.63) is 5.82 Å². The number of tetrazole rings is 1. The predicted molar refractivity (Wildman–Crippen MR) is 50.9 cm³/mol. The molecule has 0 radical (unpaired) electrons. The van der Waals surface area contributed by atoms with Gasteiger partial charge >= 0.3 is 5.97 Å². The third kappa shape index (κ3) is 2.95. The maximum Gasteiger partial charge on any atom is 0.306 e. The van der Waals surface area contributed by atoms with Gasteiger partial charge in [-0.2, -0.15) is 5.21 Å². The summed E-state index contributed by atoms with van der Waals surface area (Å²) < 4.78 is 31.3. The number of esters is 1. The van der Waals surface area contributed by atoms with Crippen molar-refractivity contribution >= 4 is 5.97 Å². The summed E-state index contributed by atoms with van der Waals surface area (Å²) in [6.07, 6.45) is 0.417. The lowest BCUT2D eigenvalue weighted by Crippen LogP contribution is -2.25. The zero-order chi connectivity index (χ0) is 12.3. The van der Waals surface area contributed by atoms with E-state index in [4.69, 9.17) is 4.74 Å². The fourth-order valence-electron chi connectivity index (χ4n) is 1.90. The quantitative estimate of drug-likeness (QED) is 0.803. The Labute approximate surface area is 95.7 Å². The van der Waals surface area contributed by atoms with Gasteiger partial charge in [0.1, 0.15) is 0 Å². The Bertz CT molecular complexity index is 382. The molecule has 94 valence electrons. The molecule has 17 heavy (non-hydrogen) atoms. The van der Waals surface area contributed by atoms with Crippen molar-refractivity contribution in [3.8, 4) is 0 Å². The SMILES string of the molecule is O=C(CC1CCCC1(F)F)OCc1nn[nH]n1. The van der Waals surface area contributed by atoms with Crippen molar-refractivity contribution in [2.75, 3.05) is 0 Å². The second kappa shape index (κ2) is 4.72. The molecule has 1 heterocycles. The first-order valence-electron chi connectivity index (χ1n) is 5.34. The molecule has 1 atom stereocenters. The number of aromatic nitrogens is 4. The van der Waals surface area contributed by atoms with E-state index >= 15 is 0 Å². The van der Waals surface area contributed by atoms with Crippen LogP contribution in [0.3, 0.4) is 0 Å². The lowest BCUT2D eigenvalue weighted by atomic mass is 10.0. The van der Waals surface area contributed by atoms with Crippen molar-refractivity contribution in [1.82, 2.24) is 20.6 Å². The Morgan fingerprint density at radius 1 is 1.59 bits per heavy atom. The third-order valence-electron chi connectivity index (χ3n) is 2.82. The average Bonchev–Trinajstić information content (AvgIpc) is 2.86. The van der Waals surface area contributed by atoms with Crippen LogP contribution in [-0.4, -0.2) is 32.5 Å². The maximum absolute atomic E-state index is 13.2. The number of carbonyl (C=O) groups excluding carboxylic acids is 1. The van der Waals surface area contributed by atoms with Crippen LogP contribution in [0.2, 0.25) is 0 Å². The molecule has 0 saturated heterocycles. The van der Waals surface area contributed by atoms with Gasteiger partial charge < -0.3 is 4.74 Å². The Kier molecular flexibility index (Phi) is 3.30. The molecule has 1 aliphatic carbocycles. The first-order chi connectivity index (χ1) is 8.08. The molecule has 1 unspecified atom stereocenters. The summed E-state index contributed by atoms with van der Waals surface area (Å²) in [6, 6.07) is 0. The van der Waals surface area contributed by atoms with Crippen LogP contribution in [0.25, 0.3) is 0 Å². The number of nitrogens with one attached hydrogen (secondary N) is 1. The van der Waals surface area contributed by atoms with Crippen molar-refractivity contribution in [3.63, 3.8) is 0 Å². The number of rotatable bonds is 4. The number of aromatic amines is 1. The average molecular weight is 246 g/mol. The van der Waals surface area contributed by atoms with Gasteiger partial charge in [0.15, 0.2) is 6.61 Å². The second-order valence-electron chi connectivity index (χ2n) is 4.04. The van der Waals surface area contributed by atoms with Gasteiger partial charge in [-0.05, 0) is 12.8 Å². The zero-order valence-electron chi connectivity index (χ0n) is 9.03. The molecule has 0 aromatic carbocycles. The summed E-state index contributed by atoms with van der Waals surface area (Å²) in [5, 5.41) is 12.6. The van der Waals surface area contributed by atoms with Gasteiger partial charge in [0.2, 0.25) is 5.82 Å². The first-order valence-corrected chi connectivity index (χ1v) is 5.34. The molecule has 6 nitrogen and oxygen atoms in total. The molecular formula is C9H12F2N4O2. The standard InChI is InChI=1S/C9H12F2N4O2/c10-9(11)3-1-2-6(9)4-8(16)17-5-7-12-14-15-13-7/h6H,1-5H2,(H,12,13,14,15). The van der Waals surface area contributed by atoms with Gasteiger partial charge in [0.25, 0.3) is 5.92 Å².